The van der Waals surface area contributed by atoms with Gasteiger partial charge in [0, 0.05) is 11.4 Å². The SMILES string of the molecule is N#C[S-].N#C[S-].O=c1oc2ccccc2n1CNc1ccccc1.O=c1oc2ccccc2n1CNc1ccccc1.[Co+2]. The van der Waals surface area contributed by atoms with Gasteiger partial charge in [-0.15, -0.1) is 0 Å². The van der Waals surface area contributed by atoms with Crippen molar-refractivity contribution in [3.8, 4) is 10.8 Å². The summed E-state index contributed by atoms with van der Waals surface area (Å²) in [5.74, 6) is -0.695. The summed E-state index contributed by atoms with van der Waals surface area (Å²) in [6.45, 7) is 0.777. The van der Waals surface area contributed by atoms with Crippen LogP contribution in [0.2, 0.25) is 0 Å². The topological polar surface area (TPSA) is 142 Å². The number of nitrogens with zero attached hydrogens (tertiary/aromatic N) is 4. The number of para-hydroxylation sites is 6. The molecule has 4 aromatic carbocycles. The van der Waals surface area contributed by atoms with Gasteiger partial charge in [-0.05, 0) is 48.5 Å². The number of fused-ring (bicyclic) bond motifs is 2. The molecule has 2 N–H and O–H groups in total. The van der Waals surface area contributed by atoms with Crippen molar-refractivity contribution < 1.29 is 25.6 Å². The smallest absolute Gasteiger partial charge is 0.696 e. The summed E-state index contributed by atoms with van der Waals surface area (Å²) in [6, 6.07) is 34.3. The second-order valence-electron chi connectivity index (χ2n) is 8.11. The van der Waals surface area contributed by atoms with Crippen molar-refractivity contribution in [2.45, 2.75) is 13.3 Å². The van der Waals surface area contributed by atoms with Gasteiger partial charge in [0.2, 0.25) is 0 Å². The number of rotatable bonds is 6. The molecular weight excluding hydrogens is 631 g/mol. The summed E-state index contributed by atoms with van der Waals surface area (Å²) in [6.07, 6.45) is 0. The van der Waals surface area contributed by atoms with Crippen LogP contribution in [0.15, 0.2) is 128 Å². The minimum Gasteiger partial charge on any atom is -0.696 e. The molecule has 13 heteroatoms. The molecule has 0 saturated heterocycles. The predicted octanol–water partition coefficient (Wildman–Crippen LogP) is 5.35. The largest absolute Gasteiger partial charge is 2.00 e. The molecule has 0 aliphatic rings. The first-order valence-electron chi connectivity index (χ1n) is 12.3. The van der Waals surface area contributed by atoms with Gasteiger partial charge in [0.25, 0.3) is 0 Å². The first-order chi connectivity index (χ1) is 20.5. The molecule has 2 aromatic heterocycles. The maximum absolute atomic E-state index is 11.7. The molecule has 10 nitrogen and oxygen atoms in total. The molecule has 0 aliphatic carbocycles. The van der Waals surface area contributed by atoms with E-state index in [-0.39, 0.29) is 28.3 Å². The number of hydrogen-bond acceptors (Lipinski definition) is 10. The van der Waals surface area contributed by atoms with Crippen molar-refractivity contribution in [3.05, 3.63) is 130 Å². The molecule has 6 aromatic rings. The maximum Gasteiger partial charge on any atom is 2.00 e. The maximum atomic E-state index is 11.7. The van der Waals surface area contributed by atoms with Crippen molar-refractivity contribution in [1.29, 1.82) is 10.5 Å². The Morgan fingerprint density at radius 3 is 1.23 bits per heavy atom. The van der Waals surface area contributed by atoms with Gasteiger partial charge >= 0.3 is 28.3 Å². The second kappa shape index (κ2) is 18.4. The van der Waals surface area contributed by atoms with E-state index in [0.29, 0.717) is 24.5 Å². The van der Waals surface area contributed by atoms with Crippen LogP contribution in [0, 0.1) is 21.3 Å². The standard InChI is InChI=1S/2C14H12N2O2.2CHNS.Co/c2*17-14-16(10-15-11-6-2-1-3-7-11)12-8-4-5-9-13(12)18-14;2*2-1-3;/h2*1-9,15H,10H2;2*3H;/q;;;;+2/p-2. The molecule has 0 atom stereocenters. The van der Waals surface area contributed by atoms with Crippen molar-refractivity contribution >= 4 is 58.8 Å². The Bertz CT molecular complexity index is 1750. The first kappa shape index (κ1) is 34.1. The van der Waals surface area contributed by atoms with Gasteiger partial charge in [0.05, 0.1) is 24.4 Å². The molecule has 2 heterocycles. The van der Waals surface area contributed by atoms with Crippen LogP contribution in [0.4, 0.5) is 11.4 Å². The predicted molar refractivity (Wildman–Crippen MR) is 167 cm³/mol. The van der Waals surface area contributed by atoms with E-state index < -0.39 is 0 Å². The van der Waals surface area contributed by atoms with E-state index >= 15 is 0 Å². The van der Waals surface area contributed by atoms with Crippen molar-refractivity contribution in [3.63, 3.8) is 0 Å². The van der Waals surface area contributed by atoms with E-state index in [1.54, 1.807) is 21.3 Å². The van der Waals surface area contributed by atoms with Crippen molar-refractivity contribution in [1.82, 2.24) is 9.13 Å². The quantitative estimate of drug-likeness (QED) is 0.178. The number of aromatic nitrogens is 2. The minimum atomic E-state index is -0.348. The fourth-order valence-electron chi connectivity index (χ4n) is 3.78. The Morgan fingerprint density at radius 1 is 0.581 bits per heavy atom. The fourth-order valence-corrected chi connectivity index (χ4v) is 3.78. The zero-order valence-corrected chi connectivity index (χ0v) is 25.1. The molecule has 0 aliphatic heterocycles. The average molecular weight is 656 g/mol. The molecule has 0 fully saturated rings. The number of benzene rings is 4. The van der Waals surface area contributed by atoms with E-state index in [2.05, 4.69) is 35.9 Å². The van der Waals surface area contributed by atoms with E-state index in [1.165, 1.54) is 10.8 Å². The number of nitriles is 2. The summed E-state index contributed by atoms with van der Waals surface area (Å²) < 4.78 is 13.5. The number of nitrogens with one attached hydrogen (secondary N) is 2. The van der Waals surface area contributed by atoms with Gasteiger partial charge in [0.15, 0.2) is 11.2 Å². The van der Waals surface area contributed by atoms with E-state index in [0.717, 1.165) is 22.4 Å². The minimum absolute atomic E-state index is 0. The monoisotopic (exact) mass is 655 g/mol. The molecule has 0 unspecified atom stereocenters. The van der Waals surface area contributed by atoms with Crippen LogP contribution >= 0.6 is 0 Å². The molecule has 6 rings (SSSR count). The summed E-state index contributed by atoms with van der Waals surface area (Å²) in [7, 11) is 0. The number of anilines is 2. The van der Waals surface area contributed by atoms with Crippen molar-refractivity contribution in [2.24, 2.45) is 0 Å². The third-order valence-electron chi connectivity index (χ3n) is 5.58. The zero-order valence-electron chi connectivity index (χ0n) is 22.4. The van der Waals surface area contributed by atoms with Gasteiger partial charge in [-0.1, -0.05) is 71.5 Å². The Hall–Kier alpha value is -5.05. The summed E-state index contributed by atoms with van der Waals surface area (Å²) >= 11 is 7.40. The Balaban J connectivity index is 0.000000249. The zero-order chi connectivity index (χ0) is 30.2. The molecule has 0 bridgehead atoms. The Kier molecular flexibility index (Phi) is 14.6. The first-order valence-corrected chi connectivity index (χ1v) is 13.1. The second-order valence-corrected chi connectivity index (χ2v) is 8.48. The van der Waals surface area contributed by atoms with Crippen LogP contribution in [0.25, 0.3) is 22.2 Å². The van der Waals surface area contributed by atoms with Gasteiger partial charge < -0.3 is 44.7 Å². The molecular formula is C30H24CoN6O4S2. The van der Waals surface area contributed by atoms with Gasteiger partial charge in [0.1, 0.15) is 0 Å². The summed E-state index contributed by atoms with van der Waals surface area (Å²) in [4.78, 5) is 23.4. The number of oxazole rings is 2. The molecule has 219 valence electrons. The normalized spacial score (nSPS) is 9.26. The van der Waals surface area contributed by atoms with Crippen molar-refractivity contribution in [2.75, 3.05) is 10.6 Å². The van der Waals surface area contributed by atoms with Gasteiger partial charge in [-0.2, -0.15) is 0 Å². The van der Waals surface area contributed by atoms with E-state index in [9.17, 15) is 9.59 Å². The molecule has 43 heavy (non-hydrogen) atoms. The Labute approximate surface area is 268 Å². The number of hydrogen-bond donors (Lipinski definition) is 2. The van der Waals surface area contributed by atoms with Crippen LogP contribution in [-0.4, -0.2) is 9.13 Å². The van der Waals surface area contributed by atoms with Gasteiger partial charge in [-0.3, -0.25) is 9.13 Å². The summed E-state index contributed by atoms with van der Waals surface area (Å²) in [5, 5.41) is 23.3. The van der Waals surface area contributed by atoms with Crippen LogP contribution in [0.5, 0.6) is 0 Å². The fraction of sp³-hybridized carbons (Fsp3) is 0.0667. The molecule has 0 spiro atoms. The summed E-state index contributed by atoms with van der Waals surface area (Å²) in [5.41, 5.74) is 4.75. The third kappa shape index (κ3) is 10.1. The van der Waals surface area contributed by atoms with Crippen LogP contribution < -0.4 is 22.1 Å². The average Bonchev–Trinajstić information content (AvgIpc) is 3.51. The molecule has 0 saturated carbocycles. The van der Waals surface area contributed by atoms with Crippen LogP contribution in [-0.2, 0) is 55.4 Å². The van der Waals surface area contributed by atoms with Crippen LogP contribution in [0.3, 0.4) is 0 Å². The molecule has 1 radical (unpaired) electrons. The Morgan fingerprint density at radius 2 is 0.884 bits per heavy atom. The number of thiocyanates is 2. The van der Waals surface area contributed by atoms with E-state index in [1.807, 2.05) is 97.1 Å². The van der Waals surface area contributed by atoms with Gasteiger partial charge in [-0.25, -0.2) is 20.1 Å². The molecule has 0 amide bonds. The van der Waals surface area contributed by atoms with Crippen LogP contribution in [0.1, 0.15) is 0 Å². The third-order valence-corrected chi connectivity index (χ3v) is 5.58. The van der Waals surface area contributed by atoms with E-state index in [4.69, 9.17) is 19.4 Å².